The molecule has 2 rings (SSSR count). The molecule has 0 radical (unpaired) electrons. The Kier molecular flexibility index (Phi) is 6.99. The van der Waals surface area contributed by atoms with E-state index in [-0.39, 0.29) is 6.04 Å². The number of hydrogen-bond donors (Lipinski definition) is 2. The molecule has 0 aliphatic heterocycles. The van der Waals surface area contributed by atoms with Gasteiger partial charge in [0.2, 0.25) is 0 Å². The number of amides is 2. The maximum Gasteiger partial charge on any atom is 0.313 e. The summed E-state index contributed by atoms with van der Waals surface area (Å²) in [6.45, 7) is 0.333. The van der Waals surface area contributed by atoms with Crippen LogP contribution in [0.15, 0.2) is 35.7 Å². The lowest BCUT2D eigenvalue weighted by Gasteiger charge is -2.23. The van der Waals surface area contributed by atoms with Crippen LogP contribution in [0.4, 0.5) is 5.69 Å². The summed E-state index contributed by atoms with van der Waals surface area (Å²) in [4.78, 5) is 27.5. The van der Waals surface area contributed by atoms with Crippen LogP contribution in [-0.4, -0.2) is 51.6 Å². The van der Waals surface area contributed by atoms with Gasteiger partial charge < -0.3 is 25.0 Å². The number of hydrogen-bond acceptors (Lipinski definition) is 6. The fourth-order valence-electron chi connectivity index (χ4n) is 2.37. The predicted molar refractivity (Wildman–Crippen MR) is 102 cm³/mol. The smallest absolute Gasteiger partial charge is 0.313 e. The van der Waals surface area contributed by atoms with Crippen molar-refractivity contribution in [2.45, 2.75) is 6.04 Å². The van der Waals surface area contributed by atoms with Crippen molar-refractivity contribution in [3.63, 3.8) is 0 Å². The highest BCUT2D eigenvalue weighted by Gasteiger charge is 2.20. The van der Waals surface area contributed by atoms with Crippen molar-refractivity contribution >= 4 is 28.8 Å². The highest BCUT2D eigenvalue weighted by Crippen LogP contribution is 2.29. The number of methoxy groups -OCH3 is 2. The molecule has 1 atom stereocenters. The van der Waals surface area contributed by atoms with E-state index in [0.29, 0.717) is 23.7 Å². The molecular weight excluding hydrogens is 354 g/mol. The second-order valence-electron chi connectivity index (χ2n) is 5.73. The summed E-state index contributed by atoms with van der Waals surface area (Å²) >= 11 is 1.61. The molecule has 0 bridgehead atoms. The fraction of sp³-hybridized carbons (Fsp3) is 0.333. The molecule has 8 heteroatoms. The quantitative estimate of drug-likeness (QED) is 0.723. The van der Waals surface area contributed by atoms with Gasteiger partial charge in [-0.15, -0.1) is 11.3 Å². The molecule has 1 aromatic carbocycles. The first-order chi connectivity index (χ1) is 12.5. The second kappa shape index (κ2) is 9.21. The Morgan fingerprint density at radius 3 is 2.50 bits per heavy atom. The van der Waals surface area contributed by atoms with Crippen molar-refractivity contribution in [1.82, 2.24) is 10.2 Å². The van der Waals surface area contributed by atoms with Crippen molar-refractivity contribution in [3.8, 4) is 11.5 Å². The van der Waals surface area contributed by atoms with Crippen molar-refractivity contribution in [2.24, 2.45) is 0 Å². The van der Waals surface area contributed by atoms with Crippen LogP contribution in [0, 0.1) is 0 Å². The van der Waals surface area contributed by atoms with Crippen molar-refractivity contribution in [2.75, 3.05) is 40.2 Å². The zero-order chi connectivity index (χ0) is 19.1. The SMILES string of the molecule is COc1ccc(NC(=O)C(=O)NC[C@H](c2cccs2)N(C)C)c(OC)c1. The van der Waals surface area contributed by atoms with Crippen LogP contribution < -0.4 is 20.1 Å². The third-order valence-electron chi connectivity index (χ3n) is 3.81. The number of anilines is 1. The molecule has 0 aliphatic carbocycles. The van der Waals surface area contributed by atoms with Crippen molar-refractivity contribution < 1.29 is 19.1 Å². The lowest BCUT2D eigenvalue weighted by molar-refractivity contribution is -0.136. The van der Waals surface area contributed by atoms with E-state index in [1.807, 2.05) is 36.5 Å². The minimum Gasteiger partial charge on any atom is -0.497 e. The minimum absolute atomic E-state index is 0.00210. The normalized spacial score (nSPS) is 11.7. The molecule has 0 unspecified atom stereocenters. The van der Waals surface area contributed by atoms with Crippen molar-refractivity contribution in [1.29, 1.82) is 0 Å². The van der Waals surface area contributed by atoms with E-state index in [4.69, 9.17) is 9.47 Å². The van der Waals surface area contributed by atoms with E-state index in [1.54, 1.807) is 29.5 Å². The van der Waals surface area contributed by atoms with Crippen LogP contribution in [0.2, 0.25) is 0 Å². The number of carbonyl (C=O) groups excluding carboxylic acids is 2. The monoisotopic (exact) mass is 377 g/mol. The molecule has 2 amide bonds. The summed E-state index contributed by atoms with van der Waals surface area (Å²) in [5.41, 5.74) is 0.399. The summed E-state index contributed by atoms with van der Waals surface area (Å²) in [5.74, 6) is -0.451. The molecule has 1 aromatic heterocycles. The number of benzene rings is 1. The average molecular weight is 377 g/mol. The van der Waals surface area contributed by atoms with Crippen LogP contribution in [-0.2, 0) is 9.59 Å². The van der Waals surface area contributed by atoms with Crippen LogP contribution in [0.5, 0.6) is 11.5 Å². The highest BCUT2D eigenvalue weighted by molar-refractivity contribution is 7.10. The Bertz CT molecular complexity index is 747. The van der Waals surface area contributed by atoms with Gasteiger partial charge in [-0.3, -0.25) is 9.59 Å². The lowest BCUT2D eigenvalue weighted by atomic mass is 10.2. The summed E-state index contributed by atoms with van der Waals surface area (Å²) in [5, 5.41) is 7.22. The van der Waals surface area contributed by atoms with E-state index in [2.05, 4.69) is 10.6 Å². The molecule has 1 heterocycles. The van der Waals surface area contributed by atoms with Crippen LogP contribution in [0.1, 0.15) is 10.9 Å². The maximum atomic E-state index is 12.2. The Labute approximate surface area is 156 Å². The Morgan fingerprint density at radius 1 is 1.15 bits per heavy atom. The van der Waals surface area contributed by atoms with Crippen LogP contribution >= 0.6 is 11.3 Å². The molecule has 26 heavy (non-hydrogen) atoms. The molecular formula is C18H23N3O4S. The largest absolute Gasteiger partial charge is 0.497 e. The first-order valence-corrected chi connectivity index (χ1v) is 8.85. The van der Waals surface area contributed by atoms with E-state index in [1.165, 1.54) is 14.2 Å². The highest BCUT2D eigenvalue weighted by atomic mass is 32.1. The summed E-state index contributed by atoms with van der Waals surface area (Å²) in [6, 6.07) is 8.89. The zero-order valence-corrected chi connectivity index (χ0v) is 16.1. The summed E-state index contributed by atoms with van der Waals surface area (Å²) in [7, 11) is 6.88. The number of thiophene rings is 1. The Balaban J connectivity index is 1.98. The molecule has 0 aliphatic rings. The van der Waals surface area contributed by atoms with Gasteiger partial charge in [-0.05, 0) is 37.7 Å². The van der Waals surface area contributed by atoms with E-state index in [0.717, 1.165) is 4.88 Å². The summed E-state index contributed by atoms with van der Waals surface area (Å²) in [6.07, 6.45) is 0. The molecule has 2 N–H and O–H groups in total. The van der Waals surface area contributed by atoms with Gasteiger partial charge in [0.1, 0.15) is 11.5 Å². The number of likely N-dealkylation sites (N-methyl/N-ethyl adjacent to an activating group) is 1. The molecule has 140 valence electrons. The van der Waals surface area contributed by atoms with Gasteiger partial charge in [-0.1, -0.05) is 6.07 Å². The fourth-order valence-corrected chi connectivity index (χ4v) is 3.29. The average Bonchev–Trinajstić information content (AvgIpc) is 3.15. The molecule has 0 saturated heterocycles. The van der Waals surface area contributed by atoms with Gasteiger partial charge in [0.15, 0.2) is 0 Å². The van der Waals surface area contributed by atoms with Gasteiger partial charge in [-0.25, -0.2) is 0 Å². The minimum atomic E-state index is -0.753. The number of ether oxygens (including phenoxy) is 2. The molecule has 7 nitrogen and oxygen atoms in total. The number of nitrogens with zero attached hydrogens (tertiary/aromatic N) is 1. The first kappa shape index (κ1) is 19.7. The molecule has 2 aromatic rings. The lowest BCUT2D eigenvalue weighted by Crippen LogP contribution is -2.40. The van der Waals surface area contributed by atoms with Gasteiger partial charge >= 0.3 is 11.8 Å². The third kappa shape index (κ3) is 4.96. The Hall–Kier alpha value is -2.58. The zero-order valence-electron chi connectivity index (χ0n) is 15.2. The number of carbonyl (C=O) groups is 2. The molecule has 0 spiro atoms. The predicted octanol–water partition coefficient (Wildman–Crippen LogP) is 2.12. The number of rotatable bonds is 7. The molecule has 0 saturated carbocycles. The second-order valence-corrected chi connectivity index (χ2v) is 6.70. The van der Waals surface area contributed by atoms with E-state index >= 15 is 0 Å². The third-order valence-corrected chi connectivity index (χ3v) is 4.79. The van der Waals surface area contributed by atoms with E-state index < -0.39 is 11.8 Å². The summed E-state index contributed by atoms with van der Waals surface area (Å²) < 4.78 is 10.3. The maximum absolute atomic E-state index is 12.2. The Morgan fingerprint density at radius 2 is 1.92 bits per heavy atom. The van der Waals surface area contributed by atoms with Crippen LogP contribution in [0.25, 0.3) is 0 Å². The van der Waals surface area contributed by atoms with Gasteiger partial charge in [0, 0.05) is 17.5 Å². The van der Waals surface area contributed by atoms with E-state index in [9.17, 15) is 9.59 Å². The van der Waals surface area contributed by atoms with Crippen molar-refractivity contribution in [3.05, 3.63) is 40.6 Å². The van der Waals surface area contributed by atoms with Crippen LogP contribution in [0.3, 0.4) is 0 Å². The molecule has 0 fully saturated rings. The first-order valence-electron chi connectivity index (χ1n) is 7.97. The standard InChI is InChI=1S/C18H23N3O4S/c1-21(2)14(16-6-5-9-26-16)11-19-17(22)18(23)20-13-8-7-12(24-3)10-15(13)25-4/h5-10,14H,11H2,1-4H3,(H,19,22)(H,20,23)/t14-/m1/s1. The number of nitrogens with one attached hydrogen (secondary N) is 2. The topological polar surface area (TPSA) is 79.9 Å². The van der Waals surface area contributed by atoms with Gasteiger partial charge in [0.05, 0.1) is 25.9 Å². The van der Waals surface area contributed by atoms with Gasteiger partial charge in [-0.2, -0.15) is 0 Å². The van der Waals surface area contributed by atoms with Gasteiger partial charge in [0.25, 0.3) is 0 Å².